The second-order valence-electron chi connectivity index (χ2n) is 7.35. The number of aromatic nitrogens is 1. The van der Waals surface area contributed by atoms with E-state index in [0.717, 1.165) is 31.7 Å². The lowest BCUT2D eigenvalue weighted by Gasteiger charge is -2.26. The van der Waals surface area contributed by atoms with Crippen molar-refractivity contribution in [3.8, 4) is 5.75 Å². The molecule has 0 atom stereocenters. The fourth-order valence-corrected chi connectivity index (χ4v) is 4.07. The van der Waals surface area contributed by atoms with Crippen molar-refractivity contribution in [2.45, 2.75) is 19.9 Å². The lowest BCUT2D eigenvalue weighted by atomic mass is 10.0. The molecular formula is C24H22Cl2N2O. The Morgan fingerprint density at radius 1 is 1.10 bits per heavy atom. The monoisotopic (exact) mass is 424 g/mol. The Morgan fingerprint density at radius 2 is 1.93 bits per heavy atom. The second kappa shape index (κ2) is 8.58. The summed E-state index contributed by atoms with van der Waals surface area (Å²) in [7, 11) is 0. The molecule has 5 heteroatoms. The molecule has 3 aromatic rings. The van der Waals surface area contributed by atoms with Crippen molar-refractivity contribution in [1.82, 2.24) is 9.88 Å². The van der Waals surface area contributed by atoms with Crippen LogP contribution in [-0.2, 0) is 6.54 Å². The summed E-state index contributed by atoms with van der Waals surface area (Å²) in [6.45, 7) is 5.11. The Labute approximate surface area is 180 Å². The first-order chi connectivity index (χ1) is 14.0. The summed E-state index contributed by atoms with van der Waals surface area (Å²) in [4.78, 5) is 6.97. The van der Waals surface area contributed by atoms with Gasteiger partial charge in [0.1, 0.15) is 5.52 Å². The molecule has 1 aliphatic rings. The minimum atomic E-state index is -0.0370. The van der Waals surface area contributed by atoms with Crippen LogP contribution in [0.25, 0.3) is 17.0 Å². The van der Waals surface area contributed by atoms with Crippen molar-refractivity contribution >= 4 is 40.2 Å². The van der Waals surface area contributed by atoms with Crippen LogP contribution in [0, 0.1) is 6.92 Å². The normalized spacial score (nSPS) is 15.2. The van der Waals surface area contributed by atoms with Gasteiger partial charge in [-0.1, -0.05) is 59.6 Å². The van der Waals surface area contributed by atoms with E-state index in [2.05, 4.69) is 53.2 Å². The first kappa shape index (κ1) is 20.0. The minimum absolute atomic E-state index is 0.0370. The molecule has 0 radical (unpaired) electrons. The van der Waals surface area contributed by atoms with Crippen molar-refractivity contribution in [3.05, 3.63) is 87.1 Å². The summed E-state index contributed by atoms with van der Waals surface area (Å²) in [5.41, 5.74) is 5.20. The molecule has 1 aliphatic heterocycles. The van der Waals surface area contributed by atoms with E-state index in [1.807, 2.05) is 18.2 Å². The third-order valence-electron chi connectivity index (χ3n) is 5.33. The molecule has 0 saturated heterocycles. The van der Waals surface area contributed by atoms with Crippen molar-refractivity contribution in [1.29, 1.82) is 0 Å². The lowest BCUT2D eigenvalue weighted by Crippen LogP contribution is -2.28. The predicted molar refractivity (Wildman–Crippen MR) is 122 cm³/mol. The Balaban J connectivity index is 1.46. The second-order valence-corrected chi connectivity index (χ2v) is 8.16. The smallest absolute Gasteiger partial charge is 0.160 e. The van der Waals surface area contributed by atoms with Gasteiger partial charge in [-0.3, -0.25) is 4.90 Å². The number of fused-ring (bicyclic) bond motifs is 1. The number of hydrogen-bond donors (Lipinski definition) is 1. The highest BCUT2D eigenvalue weighted by molar-refractivity contribution is 6.39. The van der Waals surface area contributed by atoms with Gasteiger partial charge < -0.3 is 5.11 Å². The van der Waals surface area contributed by atoms with Gasteiger partial charge in [0.25, 0.3) is 0 Å². The van der Waals surface area contributed by atoms with Gasteiger partial charge in [0.05, 0.1) is 15.7 Å². The summed E-state index contributed by atoms with van der Waals surface area (Å²) < 4.78 is 0. The molecule has 3 nitrogen and oxygen atoms in total. The summed E-state index contributed by atoms with van der Waals surface area (Å²) in [6.07, 6.45) is 7.34. The van der Waals surface area contributed by atoms with Crippen LogP contribution < -0.4 is 0 Å². The van der Waals surface area contributed by atoms with Gasteiger partial charge in [-0.15, -0.1) is 0 Å². The van der Waals surface area contributed by atoms with E-state index in [4.69, 9.17) is 23.2 Å². The largest absolute Gasteiger partial charge is 0.504 e. The lowest BCUT2D eigenvalue weighted by molar-refractivity contribution is 0.287. The van der Waals surface area contributed by atoms with Crippen molar-refractivity contribution in [3.63, 3.8) is 0 Å². The van der Waals surface area contributed by atoms with Gasteiger partial charge in [0, 0.05) is 25.0 Å². The van der Waals surface area contributed by atoms with Crippen LogP contribution in [0.4, 0.5) is 0 Å². The third kappa shape index (κ3) is 4.48. The minimum Gasteiger partial charge on any atom is -0.504 e. The van der Waals surface area contributed by atoms with Crippen LogP contribution in [-0.4, -0.2) is 28.1 Å². The van der Waals surface area contributed by atoms with E-state index in [1.165, 1.54) is 22.8 Å². The van der Waals surface area contributed by atoms with Crippen molar-refractivity contribution in [2.24, 2.45) is 0 Å². The number of halogens is 2. The topological polar surface area (TPSA) is 36.4 Å². The Hall–Kier alpha value is -2.33. The molecule has 0 bridgehead atoms. The molecule has 0 spiro atoms. The molecule has 2 heterocycles. The first-order valence-electron chi connectivity index (χ1n) is 9.63. The van der Waals surface area contributed by atoms with E-state index in [9.17, 15) is 5.11 Å². The number of aromatic hydroxyl groups is 1. The molecule has 0 amide bonds. The van der Waals surface area contributed by atoms with E-state index < -0.39 is 0 Å². The average molecular weight is 425 g/mol. The zero-order valence-electron chi connectivity index (χ0n) is 16.2. The van der Waals surface area contributed by atoms with Crippen LogP contribution >= 0.6 is 23.2 Å². The zero-order chi connectivity index (χ0) is 20.4. The number of rotatable bonds is 4. The summed E-state index contributed by atoms with van der Waals surface area (Å²) in [6, 6.07) is 13.8. The molecule has 0 saturated carbocycles. The number of benzene rings is 2. The quantitative estimate of drug-likeness (QED) is 0.525. The Bertz CT molecular complexity index is 1120. The zero-order valence-corrected chi connectivity index (χ0v) is 17.7. The van der Waals surface area contributed by atoms with Gasteiger partial charge in [-0.05, 0) is 54.3 Å². The van der Waals surface area contributed by atoms with E-state index in [1.54, 1.807) is 0 Å². The highest BCUT2D eigenvalue weighted by atomic mass is 35.5. The number of allylic oxidation sites excluding steroid dienone is 1. The average Bonchev–Trinajstić information content (AvgIpc) is 2.73. The van der Waals surface area contributed by atoms with Crippen molar-refractivity contribution in [2.75, 3.05) is 13.1 Å². The SMILES string of the molecule is Cc1ccccc1CN1CC=C(/C=C/c2ccc3c(Cl)cc(Cl)c(O)c3n2)CC1. The van der Waals surface area contributed by atoms with Crippen LogP contribution in [0.15, 0.2) is 60.2 Å². The molecule has 1 aromatic heterocycles. The van der Waals surface area contributed by atoms with Crippen LogP contribution in [0.5, 0.6) is 5.75 Å². The van der Waals surface area contributed by atoms with Gasteiger partial charge in [-0.2, -0.15) is 0 Å². The maximum absolute atomic E-state index is 10.2. The number of phenols is 1. The van der Waals surface area contributed by atoms with E-state index in [-0.39, 0.29) is 10.8 Å². The molecule has 29 heavy (non-hydrogen) atoms. The molecule has 2 aromatic carbocycles. The summed E-state index contributed by atoms with van der Waals surface area (Å²) in [5.74, 6) is -0.0370. The third-order valence-corrected chi connectivity index (χ3v) is 5.93. The van der Waals surface area contributed by atoms with Crippen LogP contribution in [0.3, 0.4) is 0 Å². The fourth-order valence-electron chi connectivity index (χ4n) is 3.55. The highest BCUT2D eigenvalue weighted by Crippen LogP contribution is 2.36. The van der Waals surface area contributed by atoms with Gasteiger partial charge in [-0.25, -0.2) is 4.98 Å². The van der Waals surface area contributed by atoms with Gasteiger partial charge in [0.15, 0.2) is 5.75 Å². The molecule has 0 unspecified atom stereocenters. The standard InChI is InChI=1S/C24H22Cl2N2O/c1-16-4-2-3-5-18(16)15-28-12-10-17(11-13-28)6-7-19-8-9-20-21(25)14-22(26)24(29)23(20)27-19/h2-10,14,29H,11-13,15H2,1H3/b7-6+. The van der Waals surface area contributed by atoms with Gasteiger partial charge in [0.2, 0.25) is 0 Å². The molecule has 4 rings (SSSR count). The number of aryl methyl sites for hydroxylation is 1. The van der Waals surface area contributed by atoms with E-state index >= 15 is 0 Å². The highest BCUT2D eigenvalue weighted by Gasteiger charge is 2.13. The number of nitrogens with zero attached hydrogens (tertiary/aromatic N) is 2. The maximum Gasteiger partial charge on any atom is 0.160 e. The number of pyridine rings is 1. The van der Waals surface area contributed by atoms with Crippen molar-refractivity contribution < 1.29 is 5.11 Å². The number of hydrogen-bond acceptors (Lipinski definition) is 3. The molecular weight excluding hydrogens is 403 g/mol. The molecule has 1 N–H and O–H groups in total. The Kier molecular flexibility index (Phi) is 5.91. The van der Waals surface area contributed by atoms with Crippen LogP contribution in [0.1, 0.15) is 23.2 Å². The van der Waals surface area contributed by atoms with Crippen LogP contribution in [0.2, 0.25) is 10.0 Å². The summed E-state index contributed by atoms with van der Waals surface area (Å²) in [5, 5.41) is 11.6. The van der Waals surface area contributed by atoms with Gasteiger partial charge >= 0.3 is 0 Å². The summed E-state index contributed by atoms with van der Waals surface area (Å²) >= 11 is 12.2. The maximum atomic E-state index is 10.2. The number of phenolic OH excluding ortho intramolecular Hbond substituents is 1. The fraction of sp³-hybridized carbons (Fsp3) is 0.208. The molecule has 148 valence electrons. The molecule has 0 aliphatic carbocycles. The predicted octanol–water partition coefficient (Wildman–Crippen LogP) is 6.40. The molecule has 0 fully saturated rings. The Morgan fingerprint density at radius 3 is 2.69 bits per heavy atom. The van der Waals surface area contributed by atoms with E-state index in [0.29, 0.717) is 15.9 Å². The first-order valence-corrected chi connectivity index (χ1v) is 10.4.